The normalized spacial score (nSPS) is 17.5. The van der Waals surface area contributed by atoms with Crippen molar-refractivity contribution in [3.8, 4) is 0 Å². The number of benzene rings is 1. The van der Waals surface area contributed by atoms with Gasteiger partial charge in [-0.3, -0.25) is 0 Å². The molecule has 0 aliphatic carbocycles. The summed E-state index contributed by atoms with van der Waals surface area (Å²) in [6, 6.07) is 0.220. The highest BCUT2D eigenvalue weighted by atomic mass is 32.2. The lowest BCUT2D eigenvalue weighted by molar-refractivity contribution is -0.143. The van der Waals surface area contributed by atoms with E-state index in [2.05, 4.69) is 5.32 Å². The Morgan fingerprint density at radius 3 is 1.97 bits per heavy atom. The first-order valence-electron chi connectivity index (χ1n) is 9.00. The van der Waals surface area contributed by atoms with Crippen LogP contribution in [0, 0.1) is 0 Å². The Labute approximate surface area is 181 Å². The van der Waals surface area contributed by atoms with Gasteiger partial charge in [0.05, 0.1) is 22.6 Å². The molecule has 14 heteroatoms. The van der Waals surface area contributed by atoms with Crippen LogP contribution in [-0.2, 0) is 27.1 Å². The van der Waals surface area contributed by atoms with Gasteiger partial charge in [0.15, 0.2) is 5.11 Å². The predicted octanol–water partition coefficient (Wildman–Crippen LogP) is 2.94. The van der Waals surface area contributed by atoms with E-state index in [1.807, 2.05) is 6.92 Å². The zero-order chi connectivity index (χ0) is 23.6. The standard InChI is InChI=1S/C17H21F6N3O3S2/c1-11(10-29-2)24-15(30)25-3-5-26(6-4-25)31(27,28)14-8-12(16(18,19)20)7-13(9-14)17(21,22)23/h7-9,11H,3-6,10H2,1-2H3,(H,24,30). The molecule has 1 fully saturated rings. The van der Waals surface area contributed by atoms with Crippen molar-refractivity contribution in [2.75, 3.05) is 39.9 Å². The average molecular weight is 493 g/mol. The van der Waals surface area contributed by atoms with Crippen molar-refractivity contribution in [2.45, 2.75) is 30.2 Å². The van der Waals surface area contributed by atoms with Crippen LogP contribution in [0.25, 0.3) is 0 Å². The molecule has 1 saturated heterocycles. The lowest BCUT2D eigenvalue weighted by Gasteiger charge is -2.36. The van der Waals surface area contributed by atoms with Crippen LogP contribution in [0.15, 0.2) is 23.1 Å². The fourth-order valence-corrected chi connectivity index (χ4v) is 4.83. The van der Waals surface area contributed by atoms with Crippen molar-refractivity contribution in [3.63, 3.8) is 0 Å². The molecule has 0 radical (unpaired) electrons. The van der Waals surface area contributed by atoms with E-state index in [1.54, 1.807) is 4.90 Å². The summed E-state index contributed by atoms with van der Waals surface area (Å²) in [4.78, 5) is 0.610. The first kappa shape index (κ1) is 25.6. The first-order chi connectivity index (χ1) is 14.2. The third kappa shape index (κ3) is 6.43. The Bertz CT molecular complexity index is 865. The number of ether oxygens (including phenoxy) is 1. The first-order valence-corrected chi connectivity index (χ1v) is 10.8. The topological polar surface area (TPSA) is 61.9 Å². The minimum Gasteiger partial charge on any atom is -0.383 e. The Hall–Kier alpha value is -1.64. The molecule has 1 aromatic rings. The summed E-state index contributed by atoms with van der Waals surface area (Å²) in [5.74, 6) is 0. The quantitative estimate of drug-likeness (QED) is 0.503. The molecule has 0 saturated carbocycles. The van der Waals surface area contributed by atoms with Crippen LogP contribution in [0.2, 0.25) is 0 Å². The second kappa shape index (κ2) is 9.46. The minimum absolute atomic E-state index is 0.106. The molecule has 0 bridgehead atoms. The van der Waals surface area contributed by atoms with Crippen molar-refractivity contribution in [1.82, 2.24) is 14.5 Å². The van der Waals surface area contributed by atoms with Crippen LogP contribution in [0.4, 0.5) is 26.3 Å². The zero-order valence-electron chi connectivity index (χ0n) is 16.5. The maximum absolute atomic E-state index is 13.1. The summed E-state index contributed by atoms with van der Waals surface area (Å²) in [5, 5.41) is 3.35. The Morgan fingerprint density at radius 1 is 1.06 bits per heavy atom. The number of halogens is 6. The van der Waals surface area contributed by atoms with Crippen molar-refractivity contribution in [3.05, 3.63) is 29.3 Å². The maximum atomic E-state index is 13.1. The van der Waals surface area contributed by atoms with E-state index >= 15 is 0 Å². The number of hydrogen-bond donors (Lipinski definition) is 1. The van der Waals surface area contributed by atoms with E-state index in [4.69, 9.17) is 17.0 Å². The summed E-state index contributed by atoms with van der Waals surface area (Å²) in [7, 11) is -3.07. The Morgan fingerprint density at radius 2 is 1.55 bits per heavy atom. The molecule has 6 nitrogen and oxygen atoms in total. The van der Waals surface area contributed by atoms with E-state index in [1.165, 1.54) is 7.11 Å². The Balaban J connectivity index is 2.22. The van der Waals surface area contributed by atoms with Crippen molar-refractivity contribution in [2.24, 2.45) is 0 Å². The lowest BCUT2D eigenvalue weighted by atomic mass is 10.1. The van der Waals surface area contributed by atoms with Crippen LogP contribution in [0.1, 0.15) is 18.1 Å². The van der Waals surface area contributed by atoms with Gasteiger partial charge in [0, 0.05) is 39.3 Å². The molecule has 1 N–H and O–H groups in total. The smallest absolute Gasteiger partial charge is 0.383 e. The molecular formula is C17H21F6N3O3S2. The number of sulfonamides is 1. The highest BCUT2D eigenvalue weighted by Gasteiger charge is 2.39. The van der Waals surface area contributed by atoms with Gasteiger partial charge in [-0.2, -0.15) is 30.6 Å². The van der Waals surface area contributed by atoms with E-state index in [9.17, 15) is 34.8 Å². The van der Waals surface area contributed by atoms with Gasteiger partial charge in [0.2, 0.25) is 10.0 Å². The van der Waals surface area contributed by atoms with Crippen molar-refractivity contribution >= 4 is 27.4 Å². The van der Waals surface area contributed by atoms with Gasteiger partial charge in [-0.1, -0.05) is 0 Å². The van der Waals surface area contributed by atoms with Gasteiger partial charge in [0.1, 0.15) is 0 Å². The van der Waals surface area contributed by atoms with E-state index in [0.29, 0.717) is 11.7 Å². The van der Waals surface area contributed by atoms with E-state index < -0.39 is 38.4 Å². The fraction of sp³-hybridized carbons (Fsp3) is 0.588. The van der Waals surface area contributed by atoms with Crippen molar-refractivity contribution < 1.29 is 39.5 Å². The molecule has 1 aromatic carbocycles. The van der Waals surface area contributed by atoms with Gasteiger partial charge in [-0.05, 0) is 37.3 Å². The summed E-state index contributed by atoms with van der Waals surface area (Å²) >= 11 is 5.25. The van der Waals surface area contributed by atoms with E-state index in [0.717, 1.165) is 4.31 Å². The molecule has 31 heavy (non-hydrogen) atoms. The monoisotopic (exact) mass is 493 g/mol. The number of nitrogens with zero attached hydrogens (tertiary/aromatic N) is 2. The van der Waals surface area contributed by atoms with Gasteiger partial charge in [-0.25, -0.2) is 8.42 Å². The molecule has 1 aliphatic rings. The molecule has 1 aliphatic heterocycles. The highest BCUT2D eigenvalue weighted by Crippen LogP contribution is 2.37. The van der Waals surface area contributed by atoms with Gasteiger partial charge in [0.25, 0.3) is 0 Å². The molecular weight excluding hydrogens is 472 g/mol. The van der Waals surface area contributed by atoms with E-state index in [-0.39, 0.29) is 50.4 Å². The number of methoxy groups -OCH3 is 1. The van der Waals surface area contributed by atoms with Gasteiger partial charge >= 0.3 is 12.4 Å². The summed E-state index contributed by atoms with van der Waals surface area (Å²) in [6.07, 6.45) is -10.3. The number of rotatable bonds is 5. The SMILES string of the molecule is COCC(C)NC(=S)N1CCN(S(=O)(=O)c2cc(C(F)(F)F)cc(C(F)(F)F)c2)CC1. The molecule has 2 rings (SSSR count). The number of alkyl halides is 6. The molecule has 0 aromatic heterocycles. The number of hydrogen-bond acceptors (Lipinski definition) is 4. The molecule has 1 heterocycles. The van der Waals surface area contributed by atoms with Crippen LogP contribution in [-0.4, -0.2) is 68.7 Å². The van der Waals surface area contributed by atoms with Crippen LogP contribution in [0.3, 0.4) is 0 Å². The summed E-state index contributed by atoms with van der Waals surface area (Å²) in [5.41, 5.74) is -3.37. The second-order valence-corrected chi connectivity index (χ2v) is 9.26. The molecule has 1 atom stereocenters. The van der Waals surface area contributed by atoms with Gasteiger partial charge < -0.3 is 15.0 Å². The fourth-order valence-electron chi connectivity index (χ4n) is 2.95. The highest BCUT2D eigenvalue weighted by molar-refractivity contribution is 7.89. The van der Waals surface area contributed by atoms with Crippen molar-refractivity contribution in [1.29, 1.82) is 0 Å². The zero-order valence-corrected chi connectivity index (χ0v) is 18.2. The average Bonchev–Trinajstić information content (AvgIpc) is 2.66. The Kier molecular flexibility index (Phi) is 7.82. The maximum Gasteiger partial charge on any atom is 0.416 e. The van der Waals surface area contributed by atoms with Crippen LogP contribution in [0.5, 0.6) is 0 Å². The molecule has 0 amide bonds. The van der Waals surface area contributed by atoms with Crippen LogP contribution >= 0.6 is 12.2 Å². The largest absolute Gasteiger partial charge is 0.416 e. The second-order valence-electron chi connectivity index (χ2n) is 6.94. The molecule has 176 valence electrons. The predicted molar refractivity (Wildman–Crippen MR) is 104 cm³/mol. The number of nitrogens with one attached hydrogen (secondary N) is 1. The molecule has 1 unspecified atom stereocenters. The third-order valence-corrected chi connectivity index (χ3v) is 6.76. The summed E-state index contributed by atoms with van der Waals surface area (Å²) < 4.78 is 110. The minimum atomic E-state index is -5.14. The number of thiocarbonyl (C=S) groups is 1. The van der Waals surface area contributed by atoms with Gasteiger partial charge in [-0.15, -0.1) is 0 Å². The third-order valence-electron chi connectivity index (χ3n) is 4.51. The molecule has 0 spiro atoms. The van der Waals surface area contributed by atoms with Crippen LogP contribution < -0.4 is 5.32 Å². The lowest BCUT2D eigenvalue weighted by Crippen LogP contribution is -2.54. The number of piperazine rings is 1. The summed E-state index contributed by atoms with van der Waals surface area (Å²) in [6.45, 7) is 2.14.